The van der Waals surface area contributed by atoms with Crippen molar-refractivity contribution in [3.63, 3.8) is 0 Å². The molecule has 0 radical (unpaired) electrons. The molecule has 1 aliphatic heterocycles. The average molecular weight is 251 g/mol. The van der Waals surface area contributed by atoms with E-state index >= 15 is 0 Å². The third-order valence-electron chi connectivity index (χ3n) is 3.05. The Balaban J connectivity index is 1.95. The number of nitrogens with zero attached hydrogens (tertiary/aromatic N) is 3. The largest absolute Gasteiger partial charge is 0.394 e. The molecular formula is C11H13N3O4. The molecule has 0 spiro atoms. The van der Waals surface area contributed by atoms with E-state index in [0.717, 1.165) is 0 Å². The summed E-state index contributed by atoms with van der Waals surface area (Å²) >= 11 is 0. The Morgan fingerprint density at radius 1 is 1.11 bits per heavy atom. The fraction of sp³-hybridized carbons (Fsp3) is 0.455. The minimum absolute atomic E-state index is 0.366. The highest BCUT2D eigenvalue weighted by Gasteiger charge is 2.44. The van der Waals surface area contributed by atoms with Crippen LogP contribution in [0.1, 0.15) is 6.23 Å². The number of hydrogen-bond acceptors (Lipinski definition) is 6. The Labute approximate surface area is 102 Å². The summed E-state index contributed by atoms with van der Waals surface area (Å²) in [5.41, 5.74) is 1.35. The minimum atomic E-state index is -1.16. The molecule has 1 saturated heterocycles. The first-order chi connectivity index (χ1) is 8.70. The summed E-state index contributed by atoms with van der Waals surface area (Å²) in [4.78, 5) is 1.23. The van der Waals surface area contributed by atoms with Crippen molar-refractivity contribution >= 4 is 11.0 Å². The number of ether oxygens (including phenoxy) is 1. The molecule has 0 aliphatic carbocycles. The topological polar surface area (TPSA) is 101 Å². The van der Waals surface area contributed by atoms with Crippen molar-refractivity contribution < 1.29 is 20.1 Å². The zero-order chi connectivity index (χ0) is 12.7. The van der Waals surface area contributed by atoms with Gasteiger partial charge in [-0.3, -0.25) is 0 Å². The number of aliphatic hydroxyl groups excluding tert-OH is 3. The molecule has 96 valence electrons. The number of aliphatic hydroxyl groups is 3. The second-order valence-corrected chi connectivity index (χ2v) is 4.24. The maximum atomic E-state index is 9.85. The van der Waals surface area contributed by atoms with E-state index in [9.17, 15) is 10.2 Å². The molecule has 1 aromatic heterocycles. The van der Waals surface area contributed by atoms with Gasteiger partial charge in [0.1, 0.15) is 29.3 Å². The molecule has 3 rings (SSSR count). The van der Waals surface area contributed by atoms with Gasteiger partial charge in [0.15, 0.2) is 6.23 Å². The molecule has 7 nitrogen and oxygen atoms in total. The summed E-state index contributed by atoms with van der Waals surface area (Å²) in [5, 5.41) is 36.9. The quantitative estimate of drug-likeness (QED) is 0.635. The molecule has 7 heteroatoms. The molecule has 1 aromatic carbocycles. The lowest BCUT2D eigenvalue weighted by Crippen LogP contribution is -2.33. The van der Waals surface area contributed by atoms with Gasteiger partial charge < -0.3 is 20.1 Å². The minimum Gasteiger partial charge on any atom is -0.394 e. The Morgan fingerprint density at radius 2 is 1.72 bits per heavy atom. The van der Waals surface area contributed by atoms with E-state index in [4.69, 9.17) is 9.84 Å². The van der Waals surface area contributed by atoms with Crippen LogP contribution < -0.4 is 0 Å². The second-order valence-electron chi connectivity index (χ2n) is 4.24. The van der Waals surface area contributed by atoms with Crippen molar-refractivity contribution in [3.8, 4) is 0 Å². The predicted octanol–water partition coefficient (Wildman–Crippen LogP) is -0.957. The second kappa shape index (κ2) is 4.29. The Morgan fingerprint density at radius 3 is 2.22 bits per heavy atom. The van der Waals surface area contributed by atoms with E-state index in [1.54, 1.807) is 12.1 Å². The van der Waals surface area contributed by atoms with Gasteiger partial charge >= 0.3 is 0 Å². The Hall–Kier alpha value is -1.54. The van der Waals surface area contributed by atoms with Crippen LogP contribution in [0.2, 0.25) is 0 Å². The van der Waals surface area contributed by atoms with Crippen LogP contribution in [0.5, 0.6) is 0 Å². The smallest absolute Gasteiger partial charge is 0.198 e. The van der Waals surface area contributed by atoms with Gasteiger partial charge in [-0.05, 0) is 12.1 Å². The highest BCUT2D eigenvalue weighted by atomic mass is 16.6. The van der Waals surface area contributed by atoms with Crippen LogP contribution in [-0.4, -0.2) is 55.2 Å². The highest BCUT2D eigenvalue weighted by molar-refractivity contribution is 5.72. The molecule has 3 N–H and O–H groups in total. The maximum absolute atomic E-state index is 9.85. The third kappa shape index (κ3) is 1.68. The monoisotopic (exact) mass is 251 g/mol. The van der Waals surface area contributed by atoms with Gasteiger partial charge in [0.25, 0.3) is 0 Å². The van der Waals surface area contributed by atoms with Crippen LogP contribution in [0.15, 0.2) is 24.3 Å². The van der Waals surface area contributed by atoms with Crippen LogP contribution in [-0.2, 0) is 4.74 Å². The molecule has 18 heavy (non-hydrogen) atoms. The fourth-order valence-corrected chi connectivity index (χ4v) is 2.06. The molecule has 1 aliphatic rings. The van der Waals surface area contributed by atoms with E-state index < -0.39 is 24.5 Å². The lowest BCUT2D eigenvalue weighted by Gasteiger charge is -2.12. The van der Waals surface area contributed by atoms with Crippen LogP contribution in [0.3, 0.4) is 0 Å². The molecule has 0 saturated carbocycles. The van der Waals surface area contributed by atoms with Gasteiger partial charge in [-0.25, -0.2) is 0 Å². The average Bonchev–Trinajstić information content (AvgIpc) is 2.92. The summed E-state index contributed by atoms with van der Waals surface area (Å²) < 4.78 is 5.34. The normalized spacial score (nSPS) is 32.2. The first kappa shape index (κ1) is 11.5. The molecule has 1 fully saturated rings. The van der Waals surface area contributed by atoms with Crippen molar-refractivity contribution in [2.45, 2.75) is 24.5 Å². The van der Waals surface area contributed by atoms with Gasteiger partial charge in [-0.2, -0.15) is 15.0 Å². The summed E-state index contributed by atoms with van der Waals surface area (Å²) in [6.07, 6.45) is -4.01. The van der Waals surface area contributed by atoms with E-state index in [0.29, 0.717) is 11.0 Å². The van der Waals surface area contributed by atoms with Gasteiger partial charge in [-0.15, -0.1) is 0 Å². The number of rotatable bonds is 2. The van der Waals surface area contributed by atoms with Crippen LogP contribution in [0.25, 0.3) is 11.0 Å². The number of aromatic nitrogens is 3. The number of fused-ring (bicyclic) bond motifs is 1. The van der Waals surface area contributed by atoms with E-state index in [-0.39, 0.29) is 6.61 Å². The summed E-state index contributed by atoms with van der Waals surface area (Å²) in [7, 11) is 0. The first-order valence-electron chi connectivity index (χ1n) is 5.65. The zero-order valence-corrected chi connectivity index (χ0v) is 9.42. The Bertz CT molecular complexity index is 525. The van der Waals surface area contributed by atoms with Gasteiger partial charge in [-0.1, -0.05) is 12.1 Å². The zero-order valence-electron chi connectivity index (χ0n) is 9.42. The van der Waals surface area contributed by atoms with Crippen molar-refractivity contribution in [2.24, 2.45) is 0 Å². The molecular weight excluding hydrogens is 238 g/mol. The lowest BCUT2D eigenvalue weighted by atomic mass is 10.1. The van der Waals surface area contributed by atoms with Crippen molar-refractivity contribution in [3.05, 3.63) is 24.3 Å². The number of hydrogen-bond donors (Lipinski definition) is 3. The molecule has 0 amide bonds. The van der Waals surface area contributed by atoms with Crippen LogP contribution >= 0.6 is 0 Å². The lowest BCUT2D eigenvalue weighted by molar-refractivity contribution is -0.0650. The van der Waals surface area contributed by atoms with Crippen molar-refractivity contribution in [1.29, 1.82) is 0 Å². The van der Waals surface area contributed by atoms with Gasteiger partial charge in [0, 0.05) is 0 Å². The van der Waals surface area contributed by atoms with Crippen molar-refractivity contribution in [2.75, 3.05) is 6.61 Å². The SMILES string of the molecule is OC[C@H]1OC(n2nc3ccccc3n2)[C@H](O)[C@@H]1O. The maximum Gasteiger partial charge on any atom is 0.198 e. The number of benzene rings is 1. The van der Waals surface area contributed by atoms with Crippen molar-refractivity contribution in [1.82, 2.24) is 15.0 Å². The van der Waals surface area contributed by atoms with E-state index in [1.165, 1.54) is 4.80 Å². The standard InChI is InChI=1S/C11H13N3O4/c15-5-8-9(16)10(17)11(18-8)14-12-6-3-1-2-4-7(6)13-14/h1-4,8-11,15-17H,5H2/t8-,9-,10-,11?/m1/s1. The van der Waals surface area contributed by atoms with Gasteiger partial charge in [0.2, 0.25) is 0 Å². The fourth-order valence-electron chi connectivity index (χ4n) is 2.06. The summed E-state index contributed by atoms with van der Waals surface area (Å²) in [6, 6.07) is 7.25. The third-order valence-corrected chi connectivity index (χ3v) is 3.05. The summed E-state index contributed by atoms with van der Waals surface area (Å²) in [5.74, 6) is 0. The molecule has 4 atom stereocenters. The van der Waals surface area contributed by atoms with E-state index in [1.807, 2.05) is 12.1 Å². The first-order valence-corrected chi connectivity index (χ1v) is 5.65. The van der Waals surface area contributed by atoms with E-state index in [2.05, 4.69) is 10.2 Å². The highest BCUT2D eigenvalue weighted by Crippen LogP contribution is 2.28. The summed E-state index contributed by atoms with van der Waals surface area (Å²) in [6.45, 7) is -0.366. The van der Waals surface area contributed by atoms with Gasteiger partial charge in [0.05, 0.1) is 6.61 Å². The molecule has 0 bridgehead atoms. The Kier molecular flexibility index (Phi) is 2.75. The molecule has 2 aromatic rings. The van der Waals surface area contributed by atoms with Crippen LogP contribution in [0.4, 0.5) is 0 Å². The van der Waals surface area contributed by atoms with Crippen LogP contribution in [0, 0.1) is 0 Å². The predicted molar refractivity (Wildman–Crippen MR) is 60.5 cm³/mol. The molecule has 2 heterocycles. The molecule has 1 unspecified atom stereocenters.